The molecule has 0 aliphatic carbocycles. The molecular weight excluding hydrogens is 129 g/mol. The van der Waals surface area contributed by atoms with Gasteiger partial charge in [-0.2, -0.15) is 0 Å². The van der Waals surface area contributed by atoms with Crippen LogP contribution in [0, 0.1) is 0 Å². The van der Waals surface area contributed by atoms with Crippen LogP contribution in [-0.4, -0.2) is 12.7 Å². The Balaban J connectivity index is 3.49. The molecule has 0 aromatic heterocycles. The molecule has 0 radical (unpaired) electrons. The topological polar surface area (TPSA) is 55.7 Å². The zero-order valence-electron chi connectivity index (χ0n) is 4.38. The monoisotopic (exact) mass is 135 g/mol. The molecule has 0 aliphatic rings. The van der Waals surface area contributed by atoms with Crippen molar-refractivity contribution in [3.8, 4) is 0 Å². The largest absolute Gasteiger partial charge is 0.314 e. The highest BCUT2D eigenvalue weighted by molar-refractivity contribution is 7.37. The molecule has 0 saturated heterocycles. The third-order valence-electron chi connectivity index (χ3n) is 0.405. The normalized spacial score (nSPS) is 12.1. The van der Waals surface area contributed by atoms with Crippen molar-refractivity contribution in [2.75, 3.05) is 6.61 Å². The van der Waals surface area contributed by atoms with Crippen LogP contribution in [0.4, 0.5) is 0 Å². The first-order valence-corrected chi connectivity index (χ1v) is 3.32. The summed E-state index contributed by atoms with van der Waals surface area (Å²) in [6.07, 6.45) is 1.14. The van der Waals surface area contributed by atoms with Crippen LogP contribution in [-0.2, 0) is 13.9 Å². The highest BCUT2D eigenvalue weighted by Crippen LogP contribution is 2.21. The maximum atomic E-state index is 10.2. The molecule has 1 atom stereocenters. The first-order chi connectivity index (χ1) is 3.81. The molecule has 0 fully saturated rings. The molecule has 0 N–H and O–H groups in total. The van der Waals surface area contributed by atoms with Crippen molar-refractivity contribution in [3.05, 3.63) is 0 Å². The van der Waals surface area contributed by atoms with Gasteiger partial charge in [0, 0.05) is 0 Å². The van der Waals surface area contributed by atoms with Crippen molar-refractivity contribution in [3.63, 3.8) is 0 Å². The van der Waals surface area contributed by atoms with Gasteiger partial charge in [-0.25, -0.2) is 4.79 Å². The summed E-state index contributed by atoms with van der Waals surface area (Å²) in [5.41, 5.74) is 0. The third-order valence-corrected chi connectivity index (χ3v) is 1.21. The van der Waals surface area contributed by atoms with Gasteiger partial charge in [-0.3, -0.25) is 4.57 Å². The van der Waals surface area contributed by atoms with Gasteiger partial charge in [0.15, 0.2) is 0 Å². The molecule has 0 amide bonds. The average Bonchev–Trinajstić information content (AvgIpc) is 1.68. The lowest BCUT2D eigenvalue weighted by Crippen LogP contribution is -1.72. The van der Waals surface area contributed by atoms with E-state index < -0.39 is 8.18 Å². The Morgan fingerprint density at radius 3 is 2.88 bits per heavy atom. The van der Waals surface area contributed by atoms with Gasteiger partial charge < -0.3 is 4.52 Å². The van der Waals surface area contributed by atoms with Crippen LogP contribution in [0.5, 0.6) is 0 Å². The lowest BCUT2D eigenvalue weighted by molar-refractivity contribution is 0.351. The maximum Gasteiger partial charge on any atom is 0.313 e. The number of hydrogen-bond acceptors (Lipinski definition) is 3. The fraction of sp³-hybridized carbons (Fsp3) is 0.667. The minimum absolute atomic E-state index is 0.309. The van der Waals surface area contributed by atoms with Crippen LogP contribution < -0.4 is 0 Å². The van der Waals surface area contributed by atoms with Crippen LogP contribution in [0.15, 0.2) is 4.76 Å². The summed E-state index contributed by atoms with van der Waals surface area (Å²) in [6.45, 7) is 1.98. The molecule has 0 saturated carbocycles. The van der Waals surface area contributed by atoms with Crippen LogP contribution >= 0.6 is 8.18 Å². The Kier molecular flexibility index (Phi) is 4.47. The molecule has 0 bridgehead atoms. The molecule has 5 heteroatoms. The van der Waals surface area contributed by atoms with Gasteiger partial charge >= 0.3 is 8.18 Å². The summed E-state index contributed by atoms with van der Waals surface area (Å²) in [5.74, 6) is 0. The Labute approximate surface area is 47.5 Å². The lowest BCUT2D eigenvalue weighted by atomic mass is 10.9. The number of hydrogen-bond donors (Lipinski definition) is 0. The van der Waals surface area contributed by atoms with Gasteiger partial charge in [-0.05, 0) is 6.92 Å². The minimum Gasteiger partial charge on any atom is -0.314 e. The van der Waals surface area contributed by atoms with Crippen LogP contribution in [0.1, 0.15) is 6.92 Å². The maximum absolute atomic E-state index is 10.2. The molecule has 1 unspecified atom stereocenters. The quantitative estimate of drug-likeness (QED) is 0.326. The van der Waals surface area contributed by atoms with Crippen molar-refractivity contribution >= 4 is 14.3 Å². The van der Waals surface area contributed by atoms with Gasteiger partial charge in [-0.15, -0.1) is 4.76 Å². The van der Waals surface area contributed by atoms with E-state index in [1.54, 1.807) is 6.92 Å². The second-order valence-corrected chi connectivity index (χ2v) is 1.95. The van der Waals surface area contributed by atoms with Crippen LogP contribution in [0.2, 0.25) is 0 Å². The van der Waals surface area contributed by atoms with E-state index in [2.05, 4.69) is 9.29 Å². The van der Waals surface area contributed by atoms with E-state index >= 15 is 0 Å². The SMILES string of the molecule is CCO[PH](=O)N=C=O. The summed E-state index contributed by atoms with van der Waals surface area (Å²) in [7, 11) is -2.44. The summed E-state index contributed by atoms with van der Waals surface area (Å²) in [4.78, 5) is 9.34. The Morgan fingerprint density at radius 1 is 1.88 bits per heavy atom. The standard InChI is InChI=1S/C3H6NO3P/c1-2-7-8(6)4-3-5/h8H,2H2,1H3. The first-order valence-electron chi connectivity index (χ1n) is 2.06. The van der Waals surface area contributed by atoms with Crippen molar-refractivity contribution in [2.45, 2.75) is 6.92 Å². The van der Waals surface area contributed by atoms with Crippen molar-refractivity contribution in [1.29, 1.82) is 0 Å². The number of rotatable bonds is 3. The molecule has 46 valence electrons. The molecular formula is C3H6NO3P. The van der Waals surface area contributed by atoms with E-state index in [0.29, 0.717) is 6.61 Å². The Hall–Kier alpha value is -0.430. The van der Waals surface area contributed by atoms with Gasteiger partial charge in [-0.1, -0.05) is 0 Å². The molecule has 0 aliphatic heterocycles. The molecule has 0 aromatic carbocycles. The summed E-state index contributed by atoms with van der Waals surface area (Å²) < 4.78 is 17.4. The van der Waals surface area contributed by atoms with Crippen molar-refractivity contribution in [2.24, 2.45) is 4.76 Å². The molecule has 0 spiro atoms. The molecule has 8 heavy (non-hydrogen) atoms. The predicted molar refractivity (Wildman–Crippen MR) is 28.7 cm³/mol. The zero-order chi connectivity index (χ0) is 6.41. The molecule has 4 nitrogen and oxygen atoms in total. The summed E-state index contributed by atoms with van der Waals surface area (Å²) >= 11 is 0. The van der Waals surface area contributed by atoms with Crippen LogP contribution in [0.3, 0.4) is 0 Å². The second kappa shape index (κ2) is 4.72. The fourth-order valence-corrected chi connectivity index (χ4v) is 0.579. The van der Waals surface area contributed by atoms with Crippen molar-refractivity contribution in [1.82, 2.24) is 0 Å². The number of isocyanates is 1. The van der Waals surface area contributed by atoms with Gasteiger partial charge in [0.1, 0.15) is 0 Å². The third kappa shape index (κ3) is 3.75. The first kappa shape index (κ1) is 7.57. The van der Waals surface area contributed by atoms with E-state index in [4.69, 9.17) is 0 Å². The van der Waals surface area contributed by atoms with Gasteiger partial charge in [0.2, 0.25) is 6.08 Å². The van der Waals surface area contributed by atoms with E-state index in [-0.39, 0.29) is 0 Å². The second-order valence-electron chi connectivity index (χ2n) is 0.902. The van der Waals surface area contributed by atoms with Crippen LogP contribution in [0.25, 0.3) is 0 Å². The smallest absolute Gasteiger partial charge is 0.313 e. The minimum atomic E-state index is -2.44. The number of nitrogens with zero attached hydrogens (tertiary/aromatic N) is 1. The van der Waals surface area contributed by atoms with E-state index in [1.165, 1.54) is 0 Å². The fourth-order valence-electron chi connectivity index (χ4n) is 0.193. The zero-order valence-corrected chi connectivity index (χ0v) is 5.38. The van der Waals surface area contributed by atoms with E-state index in [9.17, 15) is 9.36 Å². The summed E-state index contributed by atoms with van der Waals surface area (Å²) in [6, 6.07) is 0. The molecule has 0 aromatic rings. The molecule has 0 rings (SSSR count). The van der Waals surface area contributed by atoms with E-state index in [0.717, 1.165) is 6.08 Å². The highest BCUT2D eigenvalue weighted by Gasteiger charge is 1.87. The van der Waals surface area contributed by atoms with Gasteiger partial charge in [0.05, 0.1) is 6.61 Å². The molecule has 0 heterocycles. The summed E-state index contributed by atoms with van der Waals surface area (Å²) in [5, 5.41) is 0. The number of carbonyl (C=O) groups excluding carboxylic acids is 1. The highest BCUT2D eigenvalue weighted by atomic mass is 31.1. The Bertz CT molecular complexity index is 128. The van der Waals surface area contributed by atoms with E-state index in [1.807, 2.05) is 0 Å². The van der Waals surface area contributed by atoms with Crippen molar-refractivity contribution < 1.29 is 13.9 Å². The predicted octanol–water partition coefficient (Wildman–Crippen LogP) is 0.748. The Morgan fingerprint density at radius 2 is 2.50 bits per heavy atom. The average molecular weight is 135 g/mol. The van der Waals surface area contributed by atoms with Gasteiger partial charge in [0.25, 0.3) is 0 Å². The lowest BCUT2D eigenvalue weighted by Gasteiger charge is -1.87.